The number of ketones is 1. The Hall–Kier alpha value is -1.42. The first-order chi connectivity index (χ1) is 7.34. The fourth-order valence-electron chi connectivity index (χ4n) is 1.13. The van der Waals surface area contributed by atoms with E-state index in [0.29, 0.717) is 5.11 Å². The lowest BCUT2D eigenvalue weighted by atomic mass is 10.1. The van der Waals surface area contributed by atoms with Crippen molar-refractivity contribution in [3.05, 3.63) is 29.3 Å². The number of benzene rings is 1. The van der Waals surface area contributed by atoms with Crippen LogP contribution < -0.4 is 11.1 Å². The van der Waals surface area contributed by atoms with Gasteiger partial charge in [-0.15, -0.1) is 0 Å². The number of nitrogens with two attached hydrogens (primary N) is 1. The highest BCUT2D eigenvalue weighted by Gasteiger charge is 2.00. The number of para-hydroxylation sites is 1. The van der Waals surface area contributed by atoms with Crippen molar-refractivity contribution in [2.24, 2.45) is 5.73 Å². The minimum Gasteiger partial charge on any atom is -0.376 e. The van der Waals surface area contributed by atoms with Gasteiger partial charge in [-0.3, -0.25) is 0 Å². The van der Waals surface area contributed by atoms with Gasteiger partial charge in [0.25, 0.3) is 0 Å². The van der Waals surface area contributed by atoms with Crippen molar-refractivity contribution in [1.82, 2.24) is 0 Å². The van der Waals surface area contributed by atoms with Crippen LogP contribution >= 0.6 is 12.2 Å². The van der Waals surface area contributed by atoms with Gasteiger partial charge < -0.3 is 15.8 Å². The van der Waals surface area contributed by atoms with E-state index in [-0.39, 0.29) is 5.78 Å². The molecule has 0 aliphatic carbocycles. The molecule has 0 unspecified atom stereocenters. The number of hydrogen-bond acceptors (Lipinski definition) is 2. The minimum atomic E-state index is 0.167. The van der Waals surface area contributed by atoms with Crippen molar-refractivity contribution in [3.8, 4) is 0 Å². The van der Waals surface area contributed by atoms with Gasteiger partial charge in [0.1, 0.15) is 5.78 Å². The number of carbonyl (C=O) groups excluding carboxylic acids is 1. The van der Waals surface area contributed by atoms with Crippen LogP contribution in [0, 0.1) is 13.8 Å². The fraction of sp³-hybridized carbons (Fsp3) is 0.333. The van der Waals surface area contributed by atoms with Gasteiger partial charge in [0, 0.05) is 5.69 Å². The summed E-state index contributed by atoms with van der Waals surface area (Å²) in [6.45, 7) is 7.10. The molecule has 0 bridgehead atoms. The van der Waals surface area contributed by atoms with E-state index in [2.05, 4.69) is 5.32 Å². The predicted molar refractivity (Wildman–Crippen MR) is 72.7 cm³/mol. The third kappa shape index (κ3) is 6.14. The predicted octanol–water partition coefficient (Wildman–Crippen LogP) is 2.55. The maximum absolute atomic E-state index is 9.44. The molecule has 0 aliphatic rings. The first-order valence-corrected chi connectivity index (χ1v) is 5.35. The van der Waals surface area contributed by atoms with Gasteiger partial charge in [0.05, 0.1) is 0 Å². The Morgan fingerprint density at radius 2 is 1.62 bits per heavy atom. The van der Waals surface area contributed by atoms with Crippen molar-refractivity contribution in [3.63, 3.8) is 0 Å². The Morgan fingerprint density at radius 3 is 1.94 bits per heavy atom. The second-order valence-corrected chi connectivity index (χ2v) is 4.10. The molecule has 16 heavy (non-hydrogen) atoms. The Bertz CT molecular complexity index is 364. The number of thiocarbonyl (C=S) groups is 1. The molecule has 0 aliphatic heterocycles. The maximum Gasteiger partial charge on any atom is 0.168 e. The Balaban J connectivity index is 0.000000487. The highest BCUT2D eigenvalue weighted by Crippen LogP contribution is 2.18. The molecule has 3 nitrogen and oxygen atoms in total. The quantitative estimate of drug-likeness (QED) is 0.738. The molecule has 0 atom stereocenters. The summed E-state index contributed by atoms with van der Waals surface area (Å²) in [5, 5.41) is 3.26. The molecular weight excluding hydrogens is 220 g/mol. The molecule has 0 aromatic heterocycles. The van der Waals surface area contributed by atoms with Gasteiger partial charge in [0.15, 0.2) is 5.11 Å². The largest absolute Gasteiger partial charge is 0.376 e. The van der Waals surface area contributed by atoms with Gasteiger partial charge in [-0.25, -0.2) is 0 Å². The number of rotatable bonds is 1. The molecule has 88 valence electrons. The SMILES string of the molecule is CC(C)=O.Cc1cccc(C)c1NC(N)=S. The topological polar surface area (TPSA) is 55.1 Å². The minimum absolute atomic E-state index is 0.167. The van der Waals surface area contributed by atoms with E-state index in [1.165, 1.54) is 13.8 Å². The Labute approximate surface area is 102 Å². The molecule has 1 aromatic carbocycles. The molecular formula is C12H18N2OS. The molecule has 0 saturated carbocycles. The smallest absolute Gasteiger partial charge is 0.168 e. The zero-order valence-corrected chi connectivity index (χ0v) is 10.9. The number of hydrogen-bond donors (Lipinski definition) is 2. The van der Waals surface area contributed by atoms with Crippen LogP contribution in [0.3, 0.4) is 0 Å². The molecule has 3 N–H and O–H groups in total. The maximum atomic E-state index is 9.44. The van der Waals surface area contributed by atoms with Crippen molar-refractivity contribution in [1.29, 1.82) is 0 Å². The van der Waals surface area contributed by atoms with E-state index in [4.69, 9.17) is 18.0 Å². The van der Waals surface area contributed by atoms with E-state index >= 15 is 0 Å². The van der Waals surface area contributed by atoms with Crippen molar-refractivity contribution >= 4 is 28.8 Å². The number of Topliss-reactive ketones (excluding diaryl/α,β-unsaturated/α-hetero) is 1. The third-order valence-electron chi connectivity index (χ3n) is 1.73. The van der Waals surface area contributed by atoms with Crippen LogP contribution in [0.5, 0.6) is 0 Å². The summed E-state index contributed by atoms with van der Waals surface area (Å²) in [4.78, 5) is 9.44. The summed E-state index contributed by atoms with van der Waals surface area (Å²) in [7, 11) is 0. The highest BCUT2D eigenvalue weighted by atomic mass is 32.1. The van der Waals surface area contributed by atoms with Crippen LogP contribution in [-0.4, -0.2) is 10.9 Å². The lowest BCUT2D eigenvalue weighted by Gasteiger charge is -2.10. The summed E-state index contributed by atoms with van der Waals surface area (Å²) in [6, 6.07) is 6.05. The Kier molecular flexibility index (Phi) is 6.34. The van der Waals surface area contributed by atoms with Crippen LogP contribution in [0.4, 0.5) is 5.69 Å². The second-order valence-electron chi connectivity index (χ2n) is 3.66. The molecule has 1 aromatic rings. The van der Waals surface area contributed by atoms with E-state index in [1.807, 2.05) is 32.0 Å². The number of carbonyl (C=O) groups is 1. The van der Waals surface area contributed by atoms with Crippen molar-refractivity contribution in [2.75, 3.05) is 5.32 Å². The van der Waals surface area contributed by atoms with Crippen LogP contribution in [0.25, 0.3) is 0 Å². The molecule has 0 radical (unpaired) electrons. The number of anilines is 1. The highest BCUT2D eigenvalue weighted by molar-refractivity contribution is 7.80. The molecule has 1 rings (SSSR count). The van der Waals surface area contributed by atoms with Crippen LogP contribution in [0.15, 0.2) is 18.2 Å². The van der Waals surface area contributed by atoms with Crippen LogP contribution in [-0.2, 0) is 4.79 Å². The normalized spacial score (nSPS) is 8.75. The zero-order valence-electron chi connectivity index (χ0n) is 10.1. The fourth-order valence-corrected chi connectivity index (χ4v) is 1.24. The van der Waals surface area contributed by atoms with Gasteiger partial charge in [0.2, 0.25) is 0 Å². The molecule has 0 spiro atoms. The number of aryl methyl sites for hydroxylation is 2. The van der Waals surface area contributed by atoms with E-state index in [1.54, 1.807) is 0 Å². The van der Waals surface area contributed by atoms with E-state index < -0.39 is 0 Å². The second kappa shape index (κ2) is 6.95. The van der Waals surface area contributed by atoms with Crippen molar-refractivity contribution < 1.29 is 4.79 Å². The molecule has 0 saturated heterocycles. The Morgan fingerprint density at radius 1 is 1.25 bits per heavy atom. The first kappa shape index (κ1) is 14.6. The van der Waals surface area contributed by atoms with Gasteiger partial charge in [-0.05, 0) is 51.0 Å². The van der Waals surface area contributed by atoms with Gasteiger partial charge >= 0.3 is 0 Å². The van der Waals surface area contributed by atoms with E-state index in [9.17, 15) is 4.79 Å². The van der Waals surface area contributed by atoms with Crippen LogP contribution in [0.1, 0.15) is 25.0 Å². The lowest BCUT2D eigenvalue weighted by molar-refractivity contribution is -0.114. The molecule has 0 fully saturated rings. The summed E-state index contributed by atoms with van der Waals surface area (Å²) in [5.74, 6) is 0.167. The monoisotopic (exact) mass is 238 g/mol. The average Bonchev–Trinajstić information content (AvgIpc) is 2.10. The standard InChI is InChI=1S/C9H12N2S.C3H6O/c1-6-4-3-5-7(2)8(6)11-9(10)12;1-3(2)4/h3-5H,1-2H3,(H3,10,11,12);1-2H3. The molecule has 0 amide bonds. The first-order valence-electron chi connectivity index (χ1n) is 4.94. The summed E-state index contributed by atoms with van der Waals surface area (Å²) in [5.41, 5.74) is 8.71. The van der Waals surface area contributed by atoms with Crippen LogP contribution in [0.2, 0.25) is 0 Å². The summed E-state index contributed by atoms with van der Waals surface area (Å²) >= 11 is 4.76. The lowest BCUT2D eigenvalue weighted by Crippen LogP contribution is -2.20. The zero-order chi connectivity index (χ0) is 12.7. The third-order valence-corrected chi connectivity index (χ3v) is 1.83. The van der Waals surface area contributed by atoms with E-state index in [0.717, 1.165) is 16.8 Å². The van der Waals surface area contributed by atoms with Gasteiger partial charge in [-0.2, -0.15) is 0 Å². The number of nitrogens with one attached hydrogen (secondary N) is 1. The molecule has 4 heteroatoms. The summed E-state index contributed by atoms with van der Waals surface area (Å²) in [6.07, 6.45) is 0. The van der Waals surface area contributed by atoms with Gasteiger partial charge in [-0.1, -0.05) is 18.2 Å². The average molecular weight is 238 g/mol. The summed E-state index contributed by atoms with van der Waals surface area (Å²) < 4.78 is 0. The van der Waals surface area contributed by atoms with Crippen molar-refractivity contribution in [2.45, 2.75) is 27.7 Å². The molecule has 0 heterocycles.